The van der Waals surface area contributed by atoms with Crippen molar-refractivity contribution in [1.82, 2.24) is 9.55 Å². The normalized spacial score (nSPS) is 10.6. The van der Waals surface area contributed by atoms with Gasteiger partial charge in [0, 0.05) is 24.3 Å². The molecule has 0 saturated heterocycles. The van der Waals surface area contributed by atoms with Crippen molar-refractivity contribution < 1.29 is 0 Å². The predicted molar refractivity (Wildman–Crippen MR) is 55.9 cm³/mol. The highest BCUT2D eigenvalue weighted by Gasteiger charge is 2.05. The number of thiophene rings is 1. The fourth-order valence-electron chi connectivity index (χ4n) is 1.29. The minimum absolute atomic E-state index is 1.06. The maximum absolute atomic E-state index is 4.31. The fraction of sp³-hybridized carbons (Fsp3) is 0.300. The average Bonchev–Trinajstić information content (AvgIpc) is 2.71. The summed E-state index contributed by atoms with van der Waals surface area (Å²) in [6.07, 6.45) is 4.91. The Morgan fingerprint density at radius 3 is 2.85 bits per heavy atom. The zero-order valence-corrected chi connectivity index (χ0v) is 8.64. The maximum atomic E-state index is 4.31. The fourth-order valence-corrected chi connectivity index (χ4v) is 2.28. The van der Waals surface area contributed by atoms with Gasteiger partial charge in [-0.05, 0) is 18.6 Å². The van der Waals surface area contributed by atoms with E-state index in [0.717, 1.165) is 12.2 Å². The van der Waals surface area contributed by atoms with Crippen LogP contribution >= 0.6 is 11.3 Å². The third-order valence-electron chi connectivity index (χ3n) is 2.05. The van der Waals surface area contributed by atoms with Gasteiger partial charge in [-0.2, -0.15) is 0 Å². The van der Waals surface area contributed by atoms with Crippen LogP contribution in [-0.4, -0.2) is 9.55 Å². The zero-order chi connectivity index (χ0) is 9.26. The third kappa shape index (κ3) is 1.52. The quantitative estimate of drug-likeness (QED) is 0.715. The van der Waals surface area contributed by atoms with Crippen molar-refractivity contribution in [3.63, 3.8) is 0 Å². The van der Waals surface area contributed by atoms with Crippen LogP contribution in [0.3, 0.4) is 0 Å². The molecule has 0 amide bonds. The summed E-state index contributed by atoms with van der Waals surface area (Å²) in [4.78, 5) is 6.98. The van der Waals surface area contributed by atoms with Gasteiger partial charge >= 0.3 is 0 Å². The van der Waals surface area contributed by atoms with Crippen LogP contribution in [0.4, 0.5) is 0 Å². The molecule has 0 N–H and O–H groups in total. The Balaban J connectivity index is 2.41. The molecule has 0 radical (unpaired) electrons. The maximum Gasteiger partial charge on any atom is 0.149 e. The van der Waals surface area contributed by atoms with E-state index in [9.17, 15) is 0 Å². The number of imidazole rings is 1. The second kappa shape index (κ2) is 3.34. The number of aromatic nitrogens is 2. The molecule has 0 aliphatic rings. The van der Waals surface area contributed by atoms with E-state index in [1.54, 1.807) is 0 Å². The lowest BCUT2D eigenvalue weighted by molar-refractivity contribution is 0.928. The monoisotopic (exact) mass is 192 g/mol. The highest BCUT2D eigenvalue weighted by molar-refractivity contribution is 7.15. The van der Waals surface area contributed by atoms with Gasteiger partial charge in [0.2, 0.25) is 0 Å². The van der Waals surface area contributed by atoms with Crippen LogP contribution in [0.15, 0.2) is 24.5 Å². The van der Waals surface area contributed by atoms with Gasteiger partial charge in [0.05, 0.1) is 4.88 Å². The minimum Gasteiger partial charge on any atom is -0.333 e. The minimum atomic E-state index is 1.06. The van der Waals surface area contributed by atoms with Crippen LogP contribution in [0.2, 0.25) is 0 Å². The van der Waals surface area contributed by atoms with E-state index in [-0.39, 0.29) is 0 Å². The first-order valence-corrected chi connectivity index (χ1v) is 5.19. The summed E-state index contributed by atoms with van der Waals surface area (Å²) in [7, 11) is 2.02. The molecule has 2 rings (SSSR count). The van der Waals surface area contributed by atoms with Gasteiger partial charge in [-0.3, -0.25) is 0 Å². The molecule has 3 heteroatoms. The number of aryl methyl sites for hydroxylation is 2. The molecule has 2 aromatic rings. The zero-order valence-electron chi connectivity index (χ0n) is 7.82. The number of nitrogens with zero attached hydrogens (tertiary/aromatic N) is 2. The van der Waals surface area contributed by atoms with Crippen molar-refractivity contribution in [1.29, 1.82) is 0 Å². The lowest BCUT2D eigenvalue weighted by atomic mass is 10.3. The van der Waals surface area contributed by atoms with E-state index < -0.39 is 0 Å². The van der Waals surface area contributed by atoms with Gasteiger partial charge in [-0.25, -0.2) is 4.98 Å². The first kappa shape index (κ1) is 8.51. The van der Waals surface area contributed by atoms with E-state index in [1.165, 1.54) is 9.75 Å². The summed E-state index contributed by atoms with van der Waals surface area (Å²) in [5, 5.41) is 0. The second-order valence-corrected chi connectivity index (χ2v) is 4.15. The molecule has 2 aromatic heterocycles. The Morgan fingerprint density at radius 1 is 1.46 bits per heavy atom. The van der Waals surface area contributed by atoms with Crippen LogP contribution in [0, 0.1) is 0 Å². The first-order chi connectivity index (χ1) is 6.31. The Hall–Kier alpha value is -1.09. The smallest absolute Gasteiger partial charge is 0.149 e. The molecule has 0 spiro atoms. The topological polar surface area (TPSA) is 17.8 Å². The molecule has 0 saturated carbocycles. The van der Waals surface area contributed by atoms with Crippen LogP contribution in [0.25, 0.3) is 10.7 Å². The SMILES string of the molecule is CCc1ccc(-c2nccn2C)s1. The highest BCUT2D eigenvalue weighted by atomic mass is 32.1. The lowest BCUT2D eigenvalue weighted by Crippen LogP contribution is -1.87. The second-order valence-electron chi connectivity index (χ2n) is 2.98. The van der Waals surface area contributed by atoms with E-state index in [0.29, 0.717) is 0 Å². The molecule has 0 unspecified atom stereocenters. The molecule has 68 valence electrons. The summed E-state index contributed by atoms with van der Waals surface area (Å²) < 4.78 is 2.05. The molecule has 0 aliphatic carbocycles. The largest absolute Gasteiger partial charge is 0.333 e. The molecule has 0 atom stereocenters. The predicted octanol–water partition coefficient (Wildman–Crippen LogP) is 2.71. The summed E-state index contributed by atoms with van der Waals surface area (Å²) in [5.74, 6) is 1.06. The Labute approximate surface area is 81.9 Å². The molecule has 2 heterocycles. The van der Waals surface area contributed by atoms with Gasteiger partial charge in [0.1, 0.15) is 5.82 Å². The van der Waals surface area contributed by atoms with E-state index in [1.807, 2.05) is 35.3 Å². The first-order valence-electron chi connectivity index (χ1n) is 4.37. The van der Waals surface area contributed by atoms with Crippen LogP contribution in [0.1, 0.15) is 11.8 Å². The Bertz CT molecular complexity index is 400. The molecule has 13 heavy (non-hydrogen) atoms. The molecule has 0 aliphatic heterocycles. The summed E-state index contributed by atoms with van der Waals surface area (Å²) in [6, 6.07) is 4.32. The molecule has 0 fully saturated rings. The molecular formula is C10H12N2S. The summed E-state index contributed by atoms with van der Waals surface area (Å²) in [6.45, 7) is 2.17. The Kier molecular flexibility index (Phi) is 2.19. The van der Waals surface area contributed by atoms with E-state index >= 15 is 0 Å². The van der Waals surface area contributed by atoms with Crippen LogP contribution < -0.4 is 0 Å². The molecule has 2 nitrogen and oxygen atoms in total. The van der Waals surface area contributed by atoms with E-state index in [2.05, 4.69) is 24.0 Å². The number of hydrogen-bond acceptors (Lipinski definition) is 2. The lowest BCUT2D eigenvalue weighted by Gasteiger charge is -1.96. The van der Waals surface area contributed by atoms with Crippen LogP contribution in [-0.2, 0) is 13.5 Å². The van der Waals surface area contributed by atoms with Crippen molar-refractivity contribution in [2.24, 2.45) is 7.05 Å². The van der Waals surface area contributed by atoms with Gasteiger partial charge in [-0.15, -0.1) is 11.3 Å². The van der Waals surface area contributed by atoms with Crippen molar-refractivity contribution in [3.05, 3.63) is 29.4 Å². The standard InChI is InChI=1S/C10H12N2S/c1-3-8-4-5-9(13-8)10-11-6-7-12(10)2/h4-7H,3H2,1-2H3. The summed E-state index contributed by atoms with van der Waals surface area (Å²) in [5.41, 5.74) is 0. The van der Waals surface area contributed by atoms with Gasteiger partial charge in [-0.1, -0.05) is 6.92 Å². The highest BCUT2D eigenvalue weighted by Crippen LogP contribution is 2.26. The third-order valence-corrected chi connectivity index (χ3v) is 3.28. The average molecular weight is 192 g/mol. The summed E-state index contributed by atoms with van der Waals surface area (Å²) >= 11 is 1.82. The van der Waals surface area contributed by atoms with E-state index in [4.69, 9.17) is 0 Å². The van der Waals surface area contributed by atoms with Gasteiger partial charge in [0.15, 0.2) is 0 Å². The van der Waals surface area contributed by atoms with Gasteiger partial charge in [0.25, 0.3) is 0 Å². The van der Waals surface area contributed by atoms with Crippen molar-refractivity contribution >= 4 is 11.3 Å². The Morgan fingerprint density at radius 2 is 2.31 bits per heavy atom. The number of hydrogen-bond donors (Lipinski definition) is 0. The van der Waals surface area contributed by atoms with Crippen molar-refractivity contribution in [3.8, 4) is 10.7 Å². The van der Waals surface area contributed by atoms with Gasteiger partial charge < -0.3 is 4.57 Å². The van der Waals surface area contributed by atoms with Crippen molar-refractivity contribution in [2.75, 3.05) is 0 Å². The van der Waals surface area contributed by atoms with Crippen LogP contribution in [0.5, 0.6) is 0 Å². The van der Waals surface area contributed by atoms with Crippen molar-refractivity contribution in [2.45, 2.75) is 13.3 Å². The number of rotatable bonds is 2. The molecule has 0 bridgehead atoms. The molecular weight excluding hydrogens is 180 g/mol. The molecule has 0 aromatic carbocycles.